The summed E-state index contributed by atoms with van der Waals surface area (Å²) in [4.78, 5) is 34.2. The second-order valence-corrected chi connectivity index (χ2v) is 12.9. The van der Waals surface area contributed by atoms with Crippen molar-refractivity contribution in [3.05, 3.63) is 147 Å². The van der Waals surface area contributed by atoms with Crippen molar-refractivity contribution in [2.45, 2.75) is 0 Å². The Labute approximate surface area is 372 Å². The molecule has 7 rings (SSSR count). The minimum atomic E-state index is -4.84. The number of allylic oxidation sites excluding steroid dienone is 2. The number of aromatic hydroxyl groups is 2. The summed E-state index contributed by atoms with van der Waals surface area (Å²) in [5.74, 6) is -1.16. The Morgan fingerprint density at radius 1 is 0.727 bits per heavy atom. The average Bonchev–Trinajstić information content (AvgIpc) is 3.12. The Hall–Kier alpha value is -4.17. The number of rotatable bonds is 6. The first-order valence-electron chi connectivity index (χ1n) is 15.0. The number of non-ortho nitro benzene ring substituents is 1. The van der Waals surface area contributed by atoms with E-state index in [2.05, 4.69) is 21.1 Å². The minimum Gasteiger partial charge on any atom is -0.506 e. The number of phenols is 2. The molecule has 0 heterocycles. The zero-order valence-electron chi connectivity index (χ0n) is 28.7. The molecule has 0 atom stereocenters. The van der Waals surface area contributed by atoms with Crippen LogP contribution in [0.4, 0.5) is 17.1 Å². The smallest absolute Gasteiger partial charge is 0.506 e. The van der Waals surface area contributed by atoms with Crippen LogP contribution in [-0.2, 0) is 36.5 Å². The predicted molar refractivity (Wildman–Crippen MR) is 197 cm³/mol. The Kier molecular flexibility index (Phi) is 15.7. The molecule has 55 heavy (non-hydrogen) atoms. The first-order valence-corrected chi connectivity index (χ1v) is 16.8. The van der Waals surface area contributed by atoms with Gasteiger partial charge in [0.15, 0.2) is 0 Å². The van der Waals surface area contributed by atoms with Crippen molar-refractivity contribution in [1.29, 1.82) is 0 Å². The fourth-order valence-electron chi connectivity index (χ4n) is 5.34. The van der Waals surface area contributed by atoms with Gasteiger partial charge >= 0.3 is 59.1 Å². The summed E-state index contributed by atoms with van der Waals surface area (Å²) in [5.41, 5.74) is 6.91. The van der Waals surface area contributed by atoms with E-state index in [4.69, 9.17) is 11.6 Å². The topological polar surface area (TPSA) is 221 Å². The third-order valence-corrected chi connectivity index (χ3v) is 8.93. The van der Waals surface area contributed by atoms with Crippen molar-refractivity contribution in [2.24, 2.45) is 10.2 Å². The second-order valence-electron chi connectivity index (χ2n) is 11.1. The summed E-state index contributed by atoms with van der Waals surface area (Å²) in [6.45, 7) is 0. The number of hydrogen-bond donors (Lipinski definition) is 5. The number of halogens is 1. The Morgan fingerprint density at radius 3 is 2.11 bits per heavy atom. The van der Waals surface area contributed by atoms with Crippen LogP contribution in [-0.4, -0.2) is 51.1 Å². The fraction of sp³-hybridized carbons (Fsp3) is 0. The van der Waals surface area contributed by atoms with E-state index in [-0.39, 0.29) is 116 Å². The number of benzene rings is 5. The van der Waals surface area contributed by atoms with Crippen LogP contribution in [0.2, 0.25) is 5.02 Å². The number of anilines is 2. The van der Waals surface area contributed by atoms with Crippen LogP contribution in [0.15, 0.2) is 119 Å². The first kappa shape index (κ1) is 45.2. The largest absolute Gasteiger partial charge is 1.00 e. The van der Waals surface area contributed by atoms with Crippen LogP contribution in [0.3, 0.4) is 0 Å². The van der Waals surface area contributed by atoms with E-state index in [1.165, 1.54) is 30.3 Å². The second kappa shape index (κ2) is 19.1. The molecule has 0 aliphatic heterocycles. The number of hydrazone groups is 2. The molecule has 5 aromatic carbocycles. The van der Waals surface area contributed by atoms with Crippen molar-refractivity contribution >= 4 is 83.5 Å². The summed E-state index contributed by atoms with van der Waals surface area (Å²) >= 11 is 5.87. The molecule has 269 valence electrons. The van der Waals surface area contributed by atoms with Crippen molar-refractivity contribution in [2.75, 3.05) is 10.9 Å². The van der Waals surface area contributed by atoms with Gasteiger partial charge in [-0.3, -0.25) is 35.1 Å². The quantitative estimate of drug-likeness (QED) is 0.0523. The molecule has 0 saturated carbocycles. The van der Waals surface area contributed by atoms with Crippen LogP contribution in [0, 0.1) is 10.1 Å². The maximum atomic E-state index is 12.6. The molecule has 0 bridgehead atoms. The Balaban J connectivity index is 0.000000298. The van der Waals surface area contributed by atoms with Crippen molar-refractivity contribution in [1.82, 2.24) is 0 Å². The van der Waals surface area contributed by atoms with Crippen molar-refractivity contribution in [3.8, 4) is 11.5 Å². The number of nitro benzene ring substituents is 1. The third kappa shape index (κ3) is 10.2. The standard InChI is InChI=1S/C20H13N3O7S.C16H11ClN2O2.Co.2Na/c24-16-8-5-11-3-1-2-4-13(11)19(16)21-22-20-14-7-6-12(23(26)27)9-15(14)18(10-17(20)25)31(28,29)30;17-11-6-8-14(20)13(9-11)18-19-16-12-4-2-1-3-10(12)5-7-15(16)21;;;/h1-10,21,24H,(H,28,29,30);1-9,18,20H;;;/q;;;2*+1/b22-20-;;;;. The molecule has 0 spiro atoms. The first-order chi connectivity index (χ1) is 24.8. The zero-order chi connectivity index (χ0) is 37.2. The molecule has 5 aromatic rings. The normalized spacial score (nSPS) is 14.2. The van der Waals surface area contributed by atoms with Gasteiger partial charge in [-0.05, 0) is 47.4 Å². The maximum Gasteiger partial charge on any atom is 1.00 e. The summed E-state index contributed by atoms with van der Waals surface area (Å²) in [6, 6.07) is 25.5. The van der Waals surface area contributed by atoms with E-state index in [0.717, 1.165) is 28.6 Å². The maximum absolute atomic E-state index is 12.6. The number of nitrogens with zero attached hydrogens (tertiary/aromatic N) is 3. The molecule has 5 N–H and O–H groups in total. The number of hydrogen-bond acceptors (Lipinski definition) is 12. The third-order valence-electron chi connectivity index (χ3n) is 7.80. The van der Waals surface area contributed by atoms with Crippen molar-refractivity contribution in [3.63, 3.8) is 0 Å². The Morgan fingerprint density at radius 2 is 1.38 bits per heavy atom. The molecule has 0 fully saturated rings. The van der Waals surface area contributed by atoms with E-state index in [1.54, 1.807) is 30.3 Å². The van der Waals surface area contributed by atoms with Gasteiger partial charge in [0.25, 0.3) is 15.8 Å². The molecule has 1 radical (unpaired) electrons. The number of phenolic OH excluding ortho intramolecular Hbond substituents is 2. The van der Waals surface area contributed by atoms with E-state index in [9.17, 15) is 42.9 Å². The average molecular weight is 843 g/mol. The summed E-state index contributed by atoms with van der Waals surface area (Å²) in [5, 5.41) is 41.1. The van der Waals surface area contributed by atoms with E-state index < -0.39 is 31.4 Å². The van der Waals surface area contributed by atoms with Gasteiger partial charge in [-0.2, -0.15) is 18.6 Å². The number of nitrogens with one attached hydrogen (secondary N) is 2. The summed E-state index contributed by atoms with van der Waals surface area (Å²) in [6.07, 6.45) is 3.87. The molecule has 0 unspecified atom stereocenters. The number of fused-ring (bicyclic) bond motifs is 3. The van der Waals surface area contributed by atoms with Gasteiger partial charge in [0.05, 0.1) is 10.6 Å². The SMILES string of the molecule is O=C1C=C(S(=O)(=O)O)c2cc([N+](=O)[O-])ccc2/C1=N/Nc1c(O)ccc2ccccc12.O=C1C=Cc2ccccc2C1=NNc1cc(Cl)ccc1O.[Co].[Na+].[Na+]. The molecule has 19 heteroatoms. The summed E-state index contributed by atoms with van der Waals surface area (Å²) < 4.78 is 32.9. The van der Waals surface area contributed by atoms with E-state index in [1.807, 2.05) is 36.4 Å². The number of carbonyl (C=O) groups excluding carboxylic acids is 2. The number of carbonyl (C=O) groups is 2. The van der Waals surface area contributed by atoms with Gasteiger partial charge in [-0.1, -0.05) is 72.3 Å². The van der Waals surface area contributed by atoms with Crippen LogP contribution in [0.25, 0.3) is 21.8 Å². The van der Waals surface area contributed by atoms with E-state index >= 15 is 0 Å². The molecule has 14 nitrogen and oxygen atoms in total. The van der Waals surface area contributed by atoms with E-state index in [0.29, 0.717) is 27.9 Å². The van der Waals surface area contributed by atoms with Crippen molar-refractivity contribution < 1.29 is 114 Å². The van der Waals surface area contributed by atoms with Gasteiger partial charge in [0.2, 0.25) is 11.6 Å². The van der Waals surface area contributed by atoms with Crippen LogP contribution >= 0.6 is 11.6 Å². The van der Waals surface area contributed by atoms with Crippen LogP contribution in [0.5, 0.6) is 11.5 Å². The van der Waals surface area contributed by atoms with Gasteiger partial charge in [-0.15, -0.1) is 0 Å². The number of ketones is 2. The molecular weight excluding hydrogens is 819 g/mol. The summed E-state index contributed by atoms with van der Waals surface area (Å²) in [7, 11) is -4.84. The fourth-order valence-corrected chi connectivity index (χ4v) is 6.21. The monoisotopic (exact) mass is 842 g/mol. The van der Waals surface area contributed by atoms with Crippen LogP contribution < -0.4 is 70.0 Å². The Bertz CT molecular complexity index is 2580. The molecule has 0 amide bonds. The molecule has 2 aliphatic carbocycles. The molecule has 2 aliphatic rings. The zero-order valence-corrected chi connectivity index (χ0v) is 35.3. The predicted octanol–water partition coefficient (Wildman–Crippen LogP) is 0.544. The molecule has 0 aromatic heterocycles. The van der Waals surface area contributed by atoms with Crippen LogP contribution in [0.1, 0.15) is 22.3 Å². The minimum absolute atomic E-state index is 0. The number of nitro groups is 1. The van der Waals surface area contributed by atoms with Gasteiger partial charge in [0.1, 0.15) is 33.5 Å². The molecule has 0 saturated heterocycles. The van der Waals surface area contributed by atoms with Gasteiger partial charge in [-0.25, -0.2) is 0 Å². The van der Waals surface area contributed by atoms with Gasteiger partial charge in [0, 0.05) is 62.1 Å². The molecular formula is C36H24ClCoN5Na2O9S+2. The van der Waals surface area contributed by atoms with Gasteiger partial charge < -0.3 is 10.2 Å².